The number of benzene rings is 3. The third kappa shape index (κ3) is 23.3. The standard InChI is InChI=1S/C64H86N10O23S.Na/c1-5-25-93-64(89)65-24-23-47(79)52-63(88)74-33-35(2)54(81)53(74)60(86)66-32-41(76)30-44(67-56(82)39-16-14-38(15-17-39)55-71-61(94-72-55)40-18-20-43(21-19-40)92-27-12-10-8-6-7-9-11-26-91-4)57(83)68-50(36(3)75)62(87)73-34-42(77)31-45(73)58(84)69-51(59(85)70-52)48(80)28-37-13-22-46(78)49(29-37)95-98-97-96-90;/h5,13-22,29,35-36,41-42,44-45,47-48,50-54,75-81,90H,1,6-12,23-28,30-34H2,2-4H3,(H,65,89)(H,66,86)(H,67,82)(H,68,83)(H,69,84)(H,70,85);/q;+1/p-1/t35-,36+,41+,42+,44+,45+,47-,48-,50+,51+,52+,53+,54+;/m1./s1. The maximum absolute atomic E-state index is 15.0. The van der Waals surface area contributed by atoms with Crippen LogP contribution >= 0.6 is 12.3 Å². The Balaban J connectivity index is 0.0000155. The van der Waals surface area contributed by atoms with Gasteiger partial charge in [-0.05, 0) is 80.3 Å². The van der Waals surface area contributed by atoms with E-state index < -0.39 is 184 Å². The molecule has 0 bridgehead atoms. The first-order valence-electron chi connectivity index (χ1n) is 32.0. The first-order chi connectivity index (χ1) is 47.0. The van der Waals surface area contributed by atoms with E-state index >= 15 is 0 Å². The van der Waals surface area contributed by atoms with Crippen molar-refractivity contribution in [2.75, 3.05) is 53.1 Å². The van der Waals surface area contributed by atoms with E-state index in [2.05, 4.69) is 58.0 Å². The number of nitrogens with one attached hydrogen (secondary N) is 6. The number of methoxy groups -OCH3 is 1. The number of carbonyl (C=O) groups excluding carboxylic acids is 8. The molecular weight excluding hydrogens is 1330 g/mol. The monoisotopic (exact) mass is 1420 g/mol. The Morgan fingerprint density at radius 2 is 1.45 bits per heavy atom. The molecule has 4 aromatic rings. The van der Waals surface area contributed by atoms with Crippen molar-refractivity contribution in [1.29, 1.82) is 0 Å². The van der Waals surface area contributed by atoms with Gasteiger partial charge in [-0.15, -0.1) is 4.33 Å². The Morgan fingerprint density at radius 3 is 2.13 bits per heavy atom. The molecule has 536 valence electrons. The molecule has 35 heteroatoms. The van der Waals surface area contributed by atoms with Crippen LogP contribution in [0.3, 0.4) is 0 Å². The number of phenolic OH excluding ortho intramolecular Hbond substituents is 1. The fourth-order valence-corrected chi connectivity index (χ4v) is 11.6. The van der Waals surface area contributed by atoms with Crippen LogP contribution in [0.4, 0.5) is 4.79 Å². The molecule has 13 N–H and O–H groups in total. The minimum Gasteiger partial charge on any atom is -0.691 e. The van der Waals surface area contributed by atoms with Crippen molar-refractivity contribution in [3.8, 4) is 40.1 Å². The zero-order valence-electron chi connectivity index (χ0n) is 55.2. The van der Waals surface area contributed by atoms with E-state index in [-0.39, 0.29) is 77.1 Å². The van der Waals surface area contributed by atoms with Crippen LogP contribution < -0.4 is 75.6 Å². The summed E-state index contributed by atoms with van der Waals surface area (Å²) in [5.41, 5.74) is 1.06. The van der Waals surface area contributed by atoms with Crippen molar-refractivity contribution in [2.45, 2.75) is 157 Å². The quantitative estimate of drug-likeness (QED) is 0.00621. The minimum atomic E-state index is -2.19. The number of rotatable bonds is 29. The molecule has 99 heavy (non-hydrogen) atoms. The second kappa shape index (κ2) is 40.0. The molecule has 7 rings (SSSR count). The van der Waals surface area contributed by atoms with Gasteiger partial charge in [0.15, 0.2) is 11.5 Å². The van der Waals surface area contributed by atoms with Crippen LogP contribution in [0, 0.1) is 5.92 Å². The molecule has 0 radical (unpaired) electrons. The predicted molar refractivity (Wildman–Crippen MR) is 342 cm³/mol. The van der Waals surface area contributed by atoms with Gasteiger partial charge in [0.25, 0.3) is 24.1 Å². The van der Waals surface area contributed by atoms with Crippen molar-refractivity contribution < 1.29 is 141 Å². The summed E-state index contributed by atoms with van der Waals surface area (Å²) in [6, 6.07) is 4.75. The van der Waals surface area contributed by atoms with Crippen LogP contribution in [0.1, 0.15) is 94.0 Å². The number of ether oxygens (including phenoxy) is 3. The van der Waals surface area contributed by atoms with Crippen molar-refractivity contribution in [2.24, 2.45) is 5.92 Å². The summed E-state index contributed by atoms with van der Waals surface area (Å²) in [4.78, 5) is 121. The van der Waals surface area contributed by atoms with Crippen LogP contribution in [0.2, 0.25) is 0 Å². The number of β-amino-alcohol motifs (C(OH)–C–C–N with tert-alkyl or cyclic N) is 1. The zero-order valence-corrected chi connectivity index (χ0v) is 58.0. The second-order valence-corrected chi connectivity index (χ2v) is 24.5. The molecule has 8 amide bonds. The largest absolute Gasteiger partial charge is 1.00 e. The van der Waals surface area contributed by atoms with Crippen molar-refractivity contribution in [3.63, 3.8) is 0 Å². The number of aromatic nitrogens is 2. The number of amides is 8. The van der Waals surface area contributed by atoms with E-state index in [1.807, 2.05) is 0 Å². The molecule has 0 spiro atoms. The van der Waals surface area contributed by atoms with Gasteiger partial charge in [0.2, 0.25) is 41.3 Å². The van der Waals surface area contributed by atoms with Gasteiger partial charge < -0.3 is 106 Å². The second-order valence-electron chi connectivity index (χ2n) is 24.0. The number of hydrogen-bond donors (Lipinski definition) is 13. The van der Waals surface area contributed by atoms with E-state index in [1.165, 1.54) is 56.2 Å². The Morgan fingerprint density at radius 1 is 0.798 bits per heavy atom. The molecule has 3 fully saturated rings. The minimum absolute atomic E-state index is 0. The molecule has 0 aliphatic carbocycles. The summed E-state index contributed by atoms with van der Waals surface area (Å²) >= 11 is -0.00322. The van der Waals surface area contributed by atoms with Crippen molar-refractivity contribution in [3.05, 3.63) is 90.5 Å². The van der Waals surface area contributed by atoms with E-state index in [1.54, 1.807) is 31.4 Å². The summed E-state index contributed by atoms with van der Waals surface area (Å²) in [6.07, 6.45) is -5.06. The normalized spacial score (nSPS) is 23.5. The van der Waals surface area contributed by atoms with Crippen molar-refractivity contribution >= 4 is 59.8 Å². The van der Waals surface area contributed by atoms with Gasteiger partial charge in [0, 0.05) is 81.8 Å². The number of alkyl carbamates (subject to hydrolysis) is 1. The molecule has 33 nitrogen and oxygen atoms in total. The maximum atomic E-state index is 15.0. The summed E-state index contributed by atoms with van der Waals surface area (Å²) in [7, 11) is 1.71. The first-order valence-corrected chi connectivity index (χ1v) is 32.7. The summed E-state index contributed by atoms with van der Waals surface area (Å²) < 4.78 is 30.7. The topological polar surface area (TPSA) is 474 Å². The number of aromatic hydroxyl groups is 1. The third-order valence-corrected chi connectivity index (χ3v) is 17.0. The Labute approximate surface area is 596 Å². The number of carbonyl (C=O) groups is 8. The fourth-order valence-electron chi connectivity index (χ4n) is 11.4. The van der Waals surface area contributed by atoms with Gasteiger partial charge in [-0.2, -0.15) is 4.98 Å². The van der Waals surface area contributed by atoms with Gasteiger partial charge in [-0.1, -0.05) is 75.0 Å². The SMILES string of the molecule is C=CCOC(=O)NCC[C@@H](O)[C@@H]1NC(=O)[C@H]([C@H](O)Cc2ccc(O)c(OSOO[O-])c2)NC(=O)[C@@H]2C[C@H](O)CN2C(=O)[C@H]([C@H](C)O)NC(=O)[C@@H](NC(=O)c2ccc(-c3noc(-c4ccc(OCCCCCCCCCOC)cc4)n3)cc2)C[C@H](O)CNC(=O)[C@@H]2[C@@H](O)[C@H](C)CN2C1=O.[Na+]. The number of aliphatic hydroxyl groups is 6. The van der Waals surface area contributed by atoms with Gasteiger partial charge in [0.05, 0.1) is 43.2 Å². The molecule has 3 aromatic carbocycles. The maximum Gasteiger partial charge on any atom is 1.00 e. The van der Waals surface area contributed by atoms with Crippen LogP contribution in [0.25, 0.3) is 22.8 Å². The number of aliphatic hydroxyl groups excluding tert-OH is 6. The van der Waals surface area contributed by atoms with E-state index in [0.29, 0.717) is 23.5 Å². The molecule has 3 aliphatic rings. The van der Waals surface area contributed by atoms with E-state index in [4.69, 9.17) is 22.9 Å². The molecule has 13 atom stereocenters. The van der Waals surface area contributed by atoms with Crippen LogP contribution in [0.5, 0.6) is 17.2 Å². The fraction of sp³-hybridized carbons (Fsp3) is 0.531. The predicted octanol–water partition coefficient (Wildman–Crippen LogP) is -3.71. The van der Waals surface area contributed by atoms with Crippen LogP contribution in [-0.4, -0.2) is 229 Å². The molecule has 1 aromatic heterocycles. The number of hydrogen-bond acceptors (Lipinski definition) is 26. The van der Waals surface area contributed by atoms with Crippen LogP contribution in [0.15, 0.2) is 83.9 Å². The molecule has 3 saturated heterocycles. The van der Waals surface area contributed by atoms with Gasteiger partial charge in [0.1, 0.15) is 48.6 Å². The van der Waals surface area contributed by atoms with Gasteiger partial charge in [-0.3, -0.25) is 38.6 Å². The van der Waals surface area contributed by atoms with Gasteiger partial charge >= 0.3 is 35.7 Å². The smallest absolute Gasteiger partial charge is 0.691 e. The Hall–Kier alpha value is -7.55. The Bertz CT molecular complexity index is 3320. The molecular formula is C64H85N10NaO23S. The number of fused-ring (bicyclic) bond motifs is 2. The van der Waals surface area contributed by atoms with Gasteiger partial charge in [-0.25, -0.2) is 4.79 Å². The zero-order chi connectivity index (χ0) is 71.0. The third-order valence-electron chi connectivity index (χ3n) is 16.6. The molecule has 3 aliphatic heterocycles. The first kappa shape index (κ1) is 80.4. The Kier molecular flexibility index (Phi) is 32.5. The summed E-state index contributed by atoms with van der Waals surface area (Å²) in [6.45, 7) is 5.07. The van der Waals surface area contributed by atoms with E-state index in [0.717, 1.165) is 67.6 Å². The summed E-state index contributed by atoms with van der Waals surface area (Å²) in [5.74, 6) is -8.89. The van der Waals surface area contributed by atoms with Crippen LogP contribution in [-0.2, 0) is 54.0 Å². The average Bonchev–Trinajstić information content (AvgIpc) is 1.68. The summed E-state index contributed by atoms with van der Waals surface area (Å²) in [5, 5.41) is 112. The molecule has 0 saturated carbocycles. The number of phenols is 1. The molecule has 4 heterocycles. The number of unbranched alkanes of at least 4 members (excludes halogenated alkanes) is 6. The van der Waals surface area contributed by atoms with E-state index in [9.17, 15) is 79.4 Å². The average molecular weight is 1420 g/mol. The number of nitrogens with zero attached hydrogens (tertiary/aromatic N) is 4. The van der Waals surface area contributed by atoms with Crippen molar-refractivity contribution in [1.82, 2.24) is 51.8 Å². The molecule has 0 unspecified atom stereocenters.